The lowest BCUT2D eigenvalue weighted by Crippen LogP contribution is -2.05. The number of fused-ring (bicyclic) bond motifs is 1. The molecule has 20 heavy (non-hydrogen) atoms. The zero-order chi connectivity index (χ0) is 14.3. The zero-order valence-electron chi connectivity index (χ0n) is 11.8. The number of benzene rings is 1. The van der Waals surface area contributed by atoms with E-state index in [2.05, 4.69) is 10.4 Å². The summed E-state index contributed by atoms with van der Waals surface area (Å²) < 4.78 is 7.63. The van der Waals surface area contributed by atoms with Crippen LogP contribution in [0.2, 0.25) is 0 Å². The van der Waals surface area contributed by atoms with Gasteiger partial charge in [0.1, 0.15) is 17.3 Å². The van der Waals surface area contributed by atoms with Gasteiger partial charge in [-0.2, -0.15) is 0 Å². The van der Waals surface area contributed by atoms with Crippen LogP contribution in [0.4, 0.5) is 5.82 Å². The van der Waals surface area contributed by atoms with Crippen LogP contribution in [0.25, 0.3) is 16.2 Å². The van der Waals surface area contributed by atoms with Crippen LogP contribution < -0.4 is 10.5 Å². The molecule has 0 saturated heterocycles. The van der Waals surface area contributed by atoms with Crippen LogP contribution >= 0.6 is 11.3 Å². The number of aryl methyl sites for hydroxylation is 1. The molecular formula is C15H17N3OS. The van der Waals surface area contributed by atoms with Gasteiger partial charge in [0, 0.05) is 16.6 Å². The van der Waals surface area contributed by atoms with Crippen LogP contribution in [0.5, 0.6) is 5.75 Å². The van der Waals surface area contributed by atoms with Gasteiger partial charge in [0.15, 0.2) is 4.96 Å². The van der Waals surface area contributed by atoms with Crippen LogP contribution in [0, 0.1) is 6.92 Å². The molecule has 3 aromatic rings. The Bertz CT molecular complexity index is 740. The number of rotatable bonds is 3. The number of nitrogens with zero attached hydrogens (tertiary/aromatic N) is 2. The summed E-state index contributed by atoms with van der Waals surface area (Å²) in [6.07, 6.45) is 0.173. The Morgan fingerprint density at radius 1 is 1.25 bits per heavy atom. The quantitative estimate of drug-likeness (QED) is 0.798. The maximum absolute atomic E-state index is 6.21. The predicted octanol–water partition coefficient (Wildman–Crippen LogP) is 3.74. The molecule has 0 atom stereocenters. The van der Waals surface area contributed by atoms with E-state index in [1.165, 1.54) is 0 Å². The minimum absolute atomic E-state index is 0.173. The van der Waals surface area contributed by atoms with Gasteiger partial charge in [0.2, 0.25) is 0 Å². The molecule has 0 amide bonds. The lowest BCUT2D eigenvalue weighted by Gasteiger charge is -2.09. The van der Waals surface area contributed by atoms with Crippen molar-refractivity contribution in [1.82, 2.24) is 9.38 Å². The fraction of sp³-hybridized carbons (Fsp3) is 0.267. The summed E-state index contributed by atoms with van der Waals surface area (Å²) in [6.45, 7) is 6.06. The molecular weight excluding hydrogens is 270 g/mol. The average molecular weight is 287 g/mol. The molecule has 2 aromatic heterocycles. The third-order valence-corrected chi connectivity index (χ3v) is 4.01. The van der Waals surface area contributed by atoms with E-state index in [1.54, 1.807) is 11.3 Å². The molecule has 0 aliphatic heterocycles. The van der Waals surface area contributed by atoms with Gasteiger partial charge < -0.3 is 10.5 Å². The molecule has 2 N–H and O–H groups in total. The van der Waals surface area contributed by atoms with Crippen LogP contribution in [0.1, 0.15) is 19.5 Å². The molecule has 0 fully saturated rings. The fourth-order valence-electron chi connectivity index (χ4n) is 2.20. The fourth-order valence-corrected chi connectivity index (χ4v) is 3.07. The Hall–Kier alpha value is -2.01. The highest BCUT2D eigenvalue weighted by Crippen LogP contribution is 2.31. The number of hydrogen-bond donors (Lipinski definition) is 1. The number of nitrogens with two attached hydrogens (primary N) is 1. The van der Waals surface area contributed by atoms with Crippen molar-refractivity contribution < 1.29 is 4.74 Å². The van der Waals surface area contributed by atoms with Crippen LogP contribution in [0.3, 0.4) is 0 Å². The predicted molar refractivity (Wildman–Crippen MR) is 83.4 cm³/mol. The Kier molecular flexibility index (Phi) is 3.14. The van der Waals surface area contributed by atoms with Gasteiger partial charge in [-0.05, 0) is 45.0 Å². The van der Waals surface area contributed by atoms with Crippen molar-refractivity contribution >= 4 is 22.1 Å². The van der Waals surface area contributed by atoms with E-state index in [1.807, 2.05) is 49.4 Å². The van der Waals surface area contributed by atoms with E-state index < -0.39 is 0 Å². The molecule has 5 heteroatoms. The topological polar surface area (TPSA) is 52.5 Å². The van der Waals surface area contributed by atoms with E-state index in [0.29, 0.717) is 5.82 Å². The molecule has 0 unspecified atom stereocenters. The standard InChI is InChI=1S/C15H17N3OS/c1-9(2)19-12-6-4-11(5-7-12)13-14(16)18-10(3)8-20-15(18)17-13/h4-9H,16H2,1-3H3. The van der Waals surface area contributed by atoms with Crippen molar-refractivity contribution in [3.8, 4) is 17.0 Å². The molecule has 2 heterocycles. The summed E-state index contributed by atoms with van der Waals surface area (Å²) in [4.78, 5) is 5.54. The molecule has 0 bridgehead atoms. The Morgan fingerprint density at radius 2 is 1.95 bits per heavy atom. The van der Waals surface area contributed by atoms with Crippen molar-refractivity contribution in [3.63, 3.8) is 0 Å². The second kappa shape index (κ2) is 4.83. The Balaban J connectivity index is 2.00. The lowest BCUT2D eigenvalue weighted by atomic mass is 10.1. The van der Waals surface area contributed by atoms with E-state index >= 15 is 0 Å². The zero-order valence-corrected chi connectivity index (χ0v) is 12.6. The highest BCUT2D eigenvalue weighted by atomic mass is 32.1. The van der Waals surface area contributed by atoms with Gasteiger partial charge in [-0.1, -0.05) is 0 Å². The van der Waals surface area contributed by atoms with E-state index in [4.69, 9.17) is 10.5 Å². The summed E-state index contributed by atoms with van der Waals surface area (Å²) >= 11 is 1.60. The number of anilines is 1. The molecule has 0 aliphatic rings. The summed E-state index contributed by atoms with van der Waals surface area (Å²) in [5.41, 5.74) is 9.16. The second-order valence-electron chi connectivity index (χ2n) is 5.03. The number of nitrogen functional groups attached to an aromatic ring is 1. The van der Waals surface area contributed by atoms with Crippen LogP contribution in [-0.2, 0) is 0 Å². The van der Waals surface area contributed by atoms with Gasteiger partial charge in [0.05, 0.1) is 6.10 Å². The molecule has 0 radical (unpaired) electrons. The Morgan fingerprint density at radius 3 is 2.55 bits per heavy atom. The summed E-state index contributed by atoms with van der Waals surface area (Å²) in [7, 11) is 0. The number of hydrogen-bond acceptors (Lipinski definition) is 4. The van der Waals surface area contributed by atoms with Gasteiger partial charge >= 0.3 is 0 Å². The number of aromatic nitrogens is 2. The summed E-state index contributed by atoms with van der Waals surface area (Å²) in [5.74, 6) is 1.55. The normalized spacial score (nSPS) is 11.4. The molecule has 3 rings (SSSR count). The van der Waals surface area contributed by atoms with Gasteiger partial charge in [0.25, 0.3) is 0 Å². The molecule has 0 saturated carbocycles. The first kappa shape index (κ1) is 13.0. The first-order valence-corrected chi connectivity index (χ1v) is 7.43. The monoisotopic (exact) mass is 287 g/mol. The SMILES string of the molecule is Cc1csc2nc(-c3ccc(OC(C)C)cc3)c(N)n12. The van der Waals surface area contributed by atoms with Crippen molar-refractivity contribution in [1.29, 1.82) is 0 Å². The summed E-state index contributed by atoms with van der Waals surface area (Å²) in [5, 5.41) is 2.06. The van der Waals surface area contributed by atoms with Crippen molar-refractivity contribution in [2.24, 2.45) is 0 Å². The van der Waals surface area contributed by atoms with Gasteiger partial charge in [-0.15, -0.1) is 11.3 Å². The third-order valence-electron chi connectivity index (χ3n) is 3.07. The molecule has 4 nitrogen and oxygen atoms in total. The van der Waals surface area contributed by atoms with E-state index in [-0.39, 0.29) is 6.10 Å². The van der Waals surface area contributed by atoms with Crippen molar-refractivity contribution in [2.45, 2.75) is 26.9 Å². The van der Waals surface area contributed by atoms with Gasteiger partial charge in [-0.25, -0.2) is 4.98 Å². The van der Waals surface area contributed by atoms with Crippen molar-refractivity contribution in [3.05, 3.63) is 35.3 Å². The molecule has 104 valence electrons. The Labute approximate surface area is 121 Å². The lowest BCUT2D eigenvalue weighted by molar-refractivity contribution is 0.242. The third kappa shape index (κ3) is 2.14. The largest absolute Gasteiger partial charge is 0.491 e. The van der Waals surface area contributed by atoms with Gasteiger partial charge in [-0.3, -0.25) is 4.40 Å². The first-order valence-electron chi connectivity index (χ1n) is 6.55. The minimum Gasteiger partial charge on any atom is -0.491 e. The molecule has 1 aromatic carbocycles. The van der Waals surface area contributed by atoms with E-state index in [9.17, 15) is 0 Å². The maximum atomic E-state index is 6.21. The first-order chi connectivity index (χ1) is 9.56. The highest BCUT2D eigenvalue weighted by Gasteiger charge is 2.14. The maximum Gasteiger partial charge on any atom is 0.196 e. The summed E-state index contributed by atoms with van der Waals surface area (Å²) in [6, 6.07) is 7.90. The second-order valence-corrected chi connectivity index (χ2v) is 5.87. The van der Waals surface area contributed by atoms with E-state index in [0.717, 1.165) is 27.7 Å². The van der Waals surface area contributed by atoms with Crippen molar-refractivity contribution in [2.75, 3.05) is 5.73 Å². The average Bonchev–Trinajstić information content (AvgIpc) is 2.92. The highest BCUT2D eigenvalue weighted by molar-refractivity contribution is 7.15. The van der Waals surface area contributed by atoms with Crippen LogP contribution in [0.15, 0.2) is 29.6 Å². The molecule has 0 aliphatic carbocycles. The molecule has 0 spiro atoms. The minimum atomic E-state index is 0.173. The van der Waals surface area contributed by atoms with Crippen LogP contribution in [-0.4, -0.2) is 15.5 Å². The number of imidazole rings is 1. The number of ether oxygens (including phenoxy) is 1. The smallest absolute Gasteiger partial charge is 0.196 e. The number of thiazole rings is 1.